The van der Waals surface area contributed by atoms with E-state index in [0.29, 0.717) is 33.6 Å². The maximum absolute atomic E-state index is 6.12. The van der Waals surface area contributed by atoms with Crippen LogP contribution in [0.1, 0.15) is 0 Å². The van der Waals surface area contributed by atoms with E-state index >= 15 is 0 Å². The summed E-state index contributed by atoms with van der Waals surface area (Å²) in [5.74, 6) is 2.14. The number of aromatic nitrogens is 1. The fourth-order valence-corrected chi connectivity index (χ4v) is 2.10. The predicted molar refractivity (Wildman–Crippen MR) is 64.0 cm³/mol. The molecule has 2 aromatic rings. The van der Waals surface area contributed by atoms with Crippen molar-refractivity contribution in [1.82, 2.24) is 5.16 Å². The molecule has 0 radical (unpaired) electrons. The van der Waals surface area contributed by atoms with E-state index in [4.69, 9.17) is 36.1 Å². The van der Waals surface area contributed by atoms with E-state index < -0.39 is 0 Å². The average Bonchev–Trinajstić information content (AvgIpc) is 2.95. The molecule has 18 heavy (non-hydrogen) atoms. The number of methoxy groups -OCH3 is 1. The quantitative estimate of drug-likeness (QED) is 0.900. The van der Waals surface area contributed by atoms with Gasteiger partial charge in [-0.05, 0) is 0 Å². The Balaban J connectivity index is 2.29. The van der Waals surface area contributed by atoms with Gasteiger partial charge < -0.3 is 24.5 Å². The zero-order valence-corrected chi connectivity index (χ0v) is 10.2. The highest BCUT2D eigenvalue weighted by Crippen LogP contribution is 2.50. The third-order valence-electron chi connectivity index (χ3n) is 2.55. The van der Waals surface area contributed by atoms with E-state index in [0.717, 1.165) is 0 Å². The van der Waals surface area contributed by atoms with Gasteiger partial charge in [-0.2, -0.15) is 0 Å². The topological polar surface area (TPSA) is 79.7 Å². The highest BCUT2D eigenvalue weighted by Gasteiger charge is 2.28. The van der Waals surface area contributed by atoms with Crippen LogP contribution in [-0.4, -0.2) is 19.1 Å². The summed E-state index contributed by atoms with van der Waals surface area (Å²) in [6, 6.07) is 3.20. The van der Waals surface area contributed by atoms with Crippen molar-refractivity contribution >= 4 is 17.4 Å². The third-order valence-corrected chi connectivity index (χ3v) is 2.83. The first-order chi connectivity index (χ1) is 8.70. The minimum atomic E-state index is 0.120. The summed E-state index contributed by atoms with van der Waals surface area (Å²) < 4.78 is 21.1. The van der Waals surface area contributed by atoms with Gasteiger partial charge in [0.2, 0.25) is 6.79 Å². The second kappa shape index (κ2) is 3.99. The van der Waals surface area contributed by atoms with Crippen molar-refractivity contribution < 1.29 is 18.7 Å². The number of benzene rings is 1. The molecule has 6 nitrogen and oxygen atoms in total. The Hall–Kier alpha value is -2.08. The van der Waals surface area contributed by atoms with Gasteiger partial charge in [0.05, 0.1) is 12.1 Å². The number of fused-ring (bicyclic) bond motifs is 1. The summed E-state index contributed by atoms with van der Waals surface area (Å²) in [5, 5.41) is 4.03. The molecule has 7 heteroatoms. The summed E-state index contributed by atoms with van der Waals surface area (Å²) in [6.45, 7) is 0.120. The molecule has 0 fully saturated rings. The number of halogens is 1. The highest BCUT2D eigenvalue weighted by molar-refractivity contribution is 6.33. The van der Waals surface area contributed by atoms with Gasteiger partial charge in [0.1, 0.15) is 5.56 Å². The first-order valence-electron chi connectivity index (χ1n) is 5.09. The fraction of sp³-hybridized carbons (Fsp3) is 0.182. The van der Waals surface area contributed by atoms with Crippen LogP contribution in [0.5, 0.6) is 17.2 Å². The lowest BCUT2D eigenvalue weighted by atomic mass is 10.1. The second-order valence-electron chi connectivity index (χ2n) is 3.62. The molecule has 1 aliphatic rings. The molecule has 0 spiro atoms. The first-order valence-corrected chi connectivity index (χ1v) is 5.47. The Kier molecular flexibility index (Phi) is 2.45. The monoisotopic (exact) mass is 268 g/mol. The van der Waals surface area contributed by atoms with E-state index in [1.807, 2.05) is 0 Å². The summed E-state index contributed by atoms with van der Waals surface area (Å²) in [6.07, 6.45) is 0. The molecule has 0 atom stereocenters. The minimum absolute atomic E-state index is 0.120. The van der Waals surface area contributed by atoms with Crippen molar-refractivity contribution in [3.8, 4) is 28.6 Å². The fourth-order valence-electron chi connectivity index (χ4n) is 1.82. The molecular formula is C11H9ClN2O4. The summed E-state index contributed by atoms with van der Waals surface area (Å²) in [4.78, 5) is 0. The van der Waals surface area contributed by atoms with Gasteiger partial charge in [-0.1, -0.05) is 16.8 Å². The molecule has 94 valence electrons. The van der Waals surface area contributed by atoms with Gasteiger partial charge in [0, 0.05) is 12.1 Å². The number of rotatable bonds is 2. The van der Waals surface area contributed by atoms with Crippen molar-refractivity contribution in [1.29, 1.82) is 0 Å². The zero-order chi connectivity index (χ0) is 12.7. The molecule has 0 saturated carbocycles. The first kappa shape index (κ1) is 11.0. The minimum Gasteiger partial charge on any atom is -0.494 e. The van der Waals surface area contributed by atoms with Crippen molar-refractivity contribution in [2.45, 2.75) is 0 Å². The Morgan fingerprint density at radius 2 is 2.22 bits per heavy atom. The molecule has 0 amide bonds. The van der Waals surface area contributed by atoms with Crippen LogP contribution >= 0.6 is 11.6 Å². The molecule has 1 aromatic heterocycles. The molecule has 0 saturated heterocycles. The van der Waals surface area contributed by atoms with Gasteiger partial charge in [0.15, 0.2) is 28.8 Å². The molecule has 0 bridgehead atoms. The molecule has 2 N–H and O–H groups in total. The Morgan fingerprint density at radius 1 is 1.39 bits per heavy atom. The average molecular weight is 269 g/mol. The second-order valence-corrected chi connectivity index (χ2v) is 4.02. The lowest BCUT2D eigenvalue weighted by Crippen LogP contribution is -1.94. The predicted octanol–water partition coefficient (Wildman–Crippen LogP) is 2.31. The molecule has 3 rings (SSSR count). The van der Waals surface area contributed by atoms with Crippen LogP contribution in [0.3, 0.4) is 0 Å². The number of ether oxygens (including phenoxy) is 3. The molecule has 0 unspecified atom stereocenters. The van der Waals surface area contributed by atoms with Crippen molar-refractivity contribution in [2.75, 3.05) is 19.6 Å². The number of nitrogens with two attached hydrogens (primary N) is 1. The van der Waals surface area contributed by atoms with Crippen LogP contribution < -0.4 is 19.9 Å². The largest absolute Gasteiger partial charge is 0.494 e. The SMILES string of the molecule is COc1c(Cl)cc2c(c1-c1cc(N)no1)OCO2. The summed E-state index contributed by atoms with van der Waals surface area (Å²) in [7, 11) is 1.51. The summed E-state index contributed by atoms with van der Waals surface area (Å²) in [5.41, 5.74) is 6.08. The lowest BCUT2D eigenvalue weighted by Gasteiger charge is -2.10. The molecule has 2 heterocycles. The highest BCUT2D eigenvalue weighted by atomic mass is 35.5. The van der Waals surface area contributed by atoms with Crippen molar-refractivity contribution in [3.05, 3.63) is 17.2 Å². The van der Waals surface area contributed by atoms with Gasteiger partial charge >= 0.3 is 0 Å². The maximum atomic E-state index is 6.12. The van der Waals surface area contributed by atoms with Crippen LogP contribution in [0.15, 0.2) is 16.7 Å². The van der Waals surface area contributed by atoms with Gasteiger partial charge in [-0.25, -0.2) is 0 Å². The van der Waals surface area contributed by atoms with Gasteiger partial charge in [-0.15, -0.1) is 0 Å². The Morgan fingerprint density at radius 3 is 2.89 bits per heavy atom. The number of nitrogens with zero attached hydrogens (tertiary/aromatic N) is 1. The van der Waals surface area contributed by atoms with Gasteiger partial charge in [0.25, 0.3) is 0 Å². The van der Waals surface area contributed by atoms with E-state index in [2.05, 4.69) is 5.16 Å². The zero-order valence-electron chi connectivity index (χ0n) is 9.40. The van der Waals surface area contributed by atoms with Gasteiger partial charge in [-0.3, -0.25) is 0 Å². The lowest BCUT2D eigenvalue weighted by molar-refractivity contribution is 0.174. The molecule has 0 aliphatic carbocycles. The van der Waals surface area contributed by atoms with Crippen molar-refractivity contribution in [2.24, 2.45) is 0 Å². The Bertz CT molecular complexity index is 608. The van der Waals surface area contributed by atoms with E-state index in [9.17, 15) is 0 Å². The van der Waals surface area contributed by atoms with Crippen LogP contribution in [0, 0.1) is 0 Å². The van der Waals surface area contributed by atoms with E-state index in [1.54, 1.807) is 12.1 Å². The Labute approximate surface area is 107 Å². The standard InChI is InChI=1S/C11H9ClN2O4/c1-15-10-5(12)2-7-11(17-4-16-7)9(10)6-3-8(13)14-18-6/h2-3H,4H2,1H3,(H2,13,14). The number of anilines is 1. The van der Waals surface area contributed by atoms with Crippen LogP contribution in [-0.2, 0) is 0 Å². The number of nitrogen functional groups attached to an aromatic ring is 1. The number of hydrogen-bond acceptors (Lipinski definition) is 6. The van der Waals surface area contributed by atoms with Crippen molar-refractivity contribution in [3.63, 3.8) is 0 Å². The molecular weight excluding hydrogens is 260 g/mol. The molecule has 1 aliphatic heterocycles. The summed E-state index contributed by atoms with van der Waals surface area (Å²) >= 11 is 6.12. The van der Waals surface area contributed by atoms with E-state index in [-0.39, 0.29) is 12.6 Å². The van der Waals surface area contributed by atoms with Crippen LogP contribution in [0.25, 0.3) is 11.3 Å². The third kappa shape index (κ3) is 1.53. The number of hydrogen-bond donors (Lipinski definition) is 1. The van der Waals surface area contributed by atoms with Crippen LogP contribution in [0.2, 0.25) is 5.02 Å². The molecule has 1 aromatic carbocycles. The smallest absolute Gasteiger partial charge is 0.231 e. The maximum Gasteiger partial charge on any atom is 0.231 e. The van der Waals surface area contributed by atoms with E-state index in [1.165, 1.54) is 7.11 Å². The normalized spacial score (nSPS) is 12.8. The van der Waals surface area contributed by atoms with Crippen LogP contribution in [0.4, 0.5) is 5.82 Å².